The predicted molar refractivity (Wildman–Crippen MR) is 58.6 cm³/mol. The Hall–Kier alpha value is -0.700. The highest BCUT2D eigenvalue weighted by atomic mass is 35.5. The van der Waals surface area contributed by atoms with E-state index >= 15 is 0 Å². The first-order valence-corrected chi connectivity index (χ1v) is 4.95. The third-order valence-corrected chi connectivity index (χ3v) is 2.54. The standard InChI is InChI=1S/C9H5Cl3N2/c10-6-3-7(11)9(8(12)4-6)14-2-1-13-5-14/h1-5H. The monoisotopic (exact) mass is 246 g/mol. The third-order valence-electron chi connectivity index (χ3n) is 1.74. The second kappa shape index (κ2) is 3.81. The van der Waals surface area contributed by atoms with Crippen LogP contribution in [0.25, 0.3) is 5.69 Å². The van der Waals surface area contributed by atoms with E-state index in [0.717, 1.165) is 0 Å². The van der Waals surface area contributed by atoms with Gasteiger partial charge in [-0.15, -0.1) is 0 Å². The van der Waals surface area contributed by atoms with Crippen molar-refractivity contribution < 1.29 is 0 Å². The first-order chi connectivity index (χ1) is 6.68. The molecule has 1 aromatic carbocycles. The molecule has 0 amide bonds. The fourth-order valence-electron chi connectivity index (χ4n) is 1.17. The van der Waals surface area contributed by atoms with Gasteiger partial charge in [0.15, 0.2) is 0 Å². The zero-order valence-electron chi connectivity index (χ0n) is 6.92. The van der Waals surface area contributed by atoms with Gasteiger partial charge in [0.05, 0.1) is 22.1 Å². The molecule has 0 aliphatic carbocycles. The molecule has 0 bridgehead atoms. The molecule has 2 nitrogen and oxygen atoms in total. The van der Waals surface area contributed by atoms with Crippen molar-refractivity contribution in [2.24, 2.45) is 0 Å². The Morgan fingerprint density at radius 2 is 1.71 bits per heavy atom. The minimum Gasteiger partial charge on any atom is -0.303 e. The Kier molecular flexibility index (Phi) is 2.68. The van der Waals surface area contributed by atoms with Gasteiger partial charge in [-0.05, 0) is 12.1 Å². The molecule has 5 heteroatoms. The van der Waals surface area contributed by atoms with Crippen molar-refractivity contribution in [3.8, 4) is 5.69 Å². The molecule has 0 unspecified atom stereocenters. The predicted octanol–water partition coefficient (Wildman–Crippen LogP) is 3.83. The third kappa shape index (κ3) is 1.73. The summed E-state index contributed by atoms with van der Waals surface area (Å²) >= 11 is 17.8. The fourth-order valence-corrected chi connectivity index (χ4v) is 2.18. The van der Waals surface area contributed by atoms with Gasteiger partial charge < -0.3 is 4.57 Å². The van der Waals surface area contributed by atoms with Crippen LogP contribution in [-0.2, 0) is 0 Å². The summed E-state index contributed by atoms with van der Waals surface area (Å²) in [6, 6.07) is 3.29. The quantitative estimate of drug-likeness (QED) is 0.749. The van der Waals surface area contributed by atoms with Gasteiger partial charge in [-0.2, -0.15) is 0 Å². The molecule has 72 valence electrons. The molecule has 1 heterocycles. The Labute approximate surface area is 96.0 Å². The highest BCUT2D eigenvalue weighted by Gasteiger charge is 2.08. The number of hydrogen-bond acceptors (Lipinski definition) is 1. The van der Waals surface area contributed by atoms with E-state index in [1.807, 2.05) is 0 Å². The Balaban J connectivity index is 2.64. The van der Waals surface area contributed by atoms with E-state index in [1.54, 1.807) is 35.4 Å². The molecule has 0 fully saturated rings. The molecule has 1 aromatic heterocycles. The second-order valence-electron chi connectivity index (χ2n) is 2.69. The second-order valence-corrected chi connectivity index (χ2v) is 3.94. The average molecular weight is 248 g/mol. The number of hydrogen-bond donors (Lipinski definition) is 0. The summed E-state index contributed by atoms with van der Waals surface area (Å²) in [6.45, 7) is 0. The van der Waals surface area contributed by atoms with Crippen LogP contribution in [0.2, 0.25) is 15.1 Å². The van der Waals surface area contributed by atoms with E-state index in [1.165, 1.54) is 0 Å². The van der Waals surface area contributed by atoms with Crippen LogP contribution in [0.5, 0.6) is 0 Å². The molecule has 2 aromatic rings. The molecule has 2 rings (SSSR count). The lowest BCUT2D eigenvalue weighted by atomic mass is 10.3. The van der Waals surface area contributed by atoms with E-state index in [-0.39, 0.29) is 0 Å². The van der Waals surface area contributed by atoms with Crippen LogP contribution in [0.15, 0.2) is 30.9 Å². The molecule has 0 aliphatic rings. The Morgan fingerprint density at radius 3 is 2.21 bits per heavy atom. The van der Waals surface area contributed by atoms with Crippen molar-refractivity contribution in [3.05, 3.63) is 45.9 Å². The summed E-state index contributed by atoms with van der Waals surface area (Å²) < 4.78 is 1.74. The van der Waals surface area contributed by atoms with Crippen molar-refractivity contribution >= 4 is 34.8 Å². The summed E-state index contributed by atoms with van der Waals surface area (Å²) in [6.07, 6.45) is 5.04. The van der Waals surface area contributed by atoms with Crippen molar-refractivity contribution in [2.45, 2.75) is 0 Å². The lowest BCUT2D eigenvalue weighted by Gasteiger charge is -2.07. The van der Waals surface area contributed by atoms with Gasteiger partial charge in [0, 0.05) is 17.4 Å². The summed E-state index contributed by atoms with van der Waals surface area (Å²) in [7, 11) is 0. The van der Waals surface area contributed by atoms with Gasteiger partial charge in [-0.3, -0.25) is 0 Å². The first-order valence-electron chi connectivity index (χ1n) is 3.81. The molecule has 14 heavy (non-hydrogen) atoms. The van der Waals surface area contributed by atoms with Crippen LogP contribution in [0.4, 0.5) is 0 Å². The summed E-state index contributed by atoms with van der Waals surface area (Å²) in [5, 5.41) is 1.52. The average Bonchev–Trinajstić information content (AvgIpc) is 2.54. The van der Waals surface area contributed by atoms with Gasteiger partial charge in [-0.1, -0.05) is 34.8 Å². The van der Waals surface area contributed by atoms with Crippen molar-refractivity contribution in [1.29, 1.82) is 0 Å². The maximum absolute atomic E-state index is 6.01. The van der Waals surface area contributed by atoms with Crippen LogP contribution < -0.4 is 0 Å². The number of benzene rings is 1. The van der Waals surface area contributed by atoms with E-state index in [2.05, 4.69) is 4.98 Å². The van der Waals surface area contributed by atoms with Gasteiger partial charge >= 0.3 is 0 Å². The molecular formula is C9H5Cl3N2. The van der Waals surface area contributed by atoms with Crippen molar-refractivity contribution in [3.63, 3.8) is 0 Å². The molecular weight excluding hydrogens is 242 g/mol. The molecule has 0 aliphatic heterocycles. The fraction of sp³-hybridized carbons (Fsp3) is 0. The van der Waals surface area contributed by atoms with Gasteiger partial charge in [0.25, 0.3) is 0 Å². The Bertz CT molecular complexity index is 428. The summed E-state index contributed by atoms with van der Waals surface area (Å²) in [5.41, 5.74) is 0.690. The molecule has 0 atom stereocenters. The number of nitrogens with zero attached hydrogens (tertiary/aromatic N) is 2. The summed E-state index contributed by atoms with van der Waals surface area (Å²) in [5.74, 6) is 0. The maximum Gasteiger partial charge on any atom is 0.0992 e. The number of imidazole rings is 1. The molecule has 0 spiro atoms. The molecule has 0 N–H and O–H groups in total. The van der Waals surface area contributed by atoms with Gasteiger partial charge in [0.2, 0.25) is 0 Å². The zero-order valence-corrected chi connectivity index (χ0v) is 9.18. The van der Waals surface area contributed by atoms with E-state index < -0.39 is 0 Å². The van der Waals surface area contributed by atoms with Gasteiger partial charge in [-0.25, -0.2) is 4.98 Å². The topological polar surface area (TPSA) is 17.8 Å². The highest BCUT2D eigenvalue weighted by Crippen LogP contribution is 2.31. The number of halogens is 3. The van der Waals surface area contributed by atoms with Crippen molar-refractivity contribution in [2.75, 3.05) is 0 Å². The van der Waals surface area contributed by atoms with E-state index in [4.69, 9.17) is 34.8 Å². The van der Waals surface area contributed by atoms with Crippen LogP contribution in [0.1, 0.15) is 0 Å². The highest BCUT2D eigenvalue weighted by molar-refractivity contribution is 6.40. The maximum atomic E-state index is 6.01. The lowest BCUT2D eigenvalue weighted by Crippen LogP contribution is -1.92. The zero-order chi connectivity index (χ0) is 10.1. The summed E-state index contributed by atoms with van der Waals surface area (Å²) in [4.78, 5) is 3.92. The smallest absolute Gasteiger partial charge is 0.0992 e. The molecule has 0 radical (unpaired) electrons. The van der Waals surface area contributed by atoms with Gasteiger partial charge in [0.1, 0.15) is 0 Å². The normalized spacial score (nSPS) is 10.5. The van der Waals surface area contributed by atoms with E-state index in [0.29, 0.717) is 20.8 Å². The Morgan fingerprint density at radius 1 is 1.07 bits per heavy atom. The minimum atomic E-state index is 0.500. The lowest BCUT2D eigenvalue weighted by molar-refractivity contribution is 1.06. The molecule has 0 saturated carbocycles. The SMILES string of the molecule is Clc1cc(Cl)c(-n2ccnc2)c(Cl)c1. The largest absolute Gasteiger partial charge is 0.303 e. The van der Waals surface area contributed by atoms with Crippen molar-refractivity contribution in [1.82, 2.24) is 9.55 Å². The minimum absolute atomic E-state index is 0.500. The first kappa shape index (κ1) is 9.84. The van der Waals surface area contributed by atoms with Crippen LogP contribution in [0, 0.1) is 0 Å². The number of aromatic nitrogens is 2. The van der Waals surface area contributed by atoms with E-state index in [9.17, 15) is 0 Å². The molecule has 0 saturated heterocycles. The van der Waals surface area contributed by atoms with Crippen LogP contribution in [-0.4, -0.2) is 9.55 Å². The number of rotatable bonds is 1. The van der Waals surface area contributed by atoms with Crippen LogP contribution in [0.3, 0.4) is 0 Å². The van der Waals surface area contributed by atoms with Crippen LogP contribution >= 0.6 is 34.8 Å².